The van der Waals surface area contributed by atoms with E-state index in [1.807, 2.05) is 6.92 Å². The first kappa shape index (κ1) is 14.6. The van der Waals surface area contributed by atoms with E-state index in [4.69, 9.17) is 10.5 Å². The predicted octanol–water partition coefficient (Wildman–Crippen LogP) is 3.84. The fraction of sp³-hybridized carbons (Fsp3) is 0.333. The molecule has 2 heteroatoms. The summed E-state index contributed by atoms with van der Waals surface area (Å²) in [5, 5.41) is 0. The molecule has 0 radical (unpaired) electrons. The molecule has 1 atom stereocenters. The number of hydrogen-bond acceptors (Lipinski definition) is 2. The number of methoxy groups -OCH3 is 1. The van der Waals surface area contributed by atoms with Gasteiger partial charge in [-0.25, -0.2) is 0 Å². The Bertz CT molecular complexity index is 612. The molecule has 2 nitrogen and oxygen atoms in total. The van der Waals surface area contributed by atoms with E-state index >= 15 is 0 Å². The van der Waals surface area contributed by atoms with Gasteiger partial charge in [0.1, 0.15) is 5.75 Å². The fourth-order valence-corrected chi connectivity index (χ4v) is 2.62. The second-order valence-corrected chi connectivity index (χ2v) is 5.71. The molecule has 2 aromatic rings. The highest BCUT2D eigenvalue weighted by Crippen LogP contribution is 2.33. The molecule has 0 saturated heterocycles. The van der Waals surface area contributed by atoms with Gasteiger partial charge in [0.05, 0.1) is 12.6 Å². The zero-order chi connectivity index (χ0) is 14.9. The summed E-state index contributed by atoms with van der Waals surface area (Å²) < 4.78 is 5.37. The van der Waals surface area contributed by atoms with E-state index in [1.165, 1.54) is 5.56 Å². The minimum absolute atomic E-state index is 0.505. The van der Waals surface area contributed by atoms with Gasteiger partial charge in [-0.15, -0.1) is 0 Å². The Morgan fingerprint density at radius 2 is 1.55 bits per heavy atom. The Labute approximate surface area is 121 Å². The lowest BCUT2D eigenvalue weighted by atomic mass is 9.82. The van der Waals surface area contributed by atoms with Crippen molar-refractivity contribution in [2.75, 3.05) is 7.11 Å². The van der Waals surface area contributed by atoms with Gasteiger partial charge in [-0.3, -0.25) is 0 Å². The summed E-state index contributed by atoms with van der Waals surface area (Å²) in [6.45, 7) is 8.27. The van der Waals surface area contributed by atoms with Crippen molar-refractivity contribution in [3.8, 4) is 5.75 Å². The molecule has 0 heterocycles. The van der Waals surface area contributed by atoms with Crippen molar-refractivity contribution >= 4 is 0 Å². The summed E-state index contributed by atoms with van der Waals surface area (Å²) in [6, 6.07) is 12.6. The molecule has 0 aliphatic carbocycles. The van der Waals surface area contributed by atoms with E-state index in [0.717, 1.165) is 28.0 Å². The first-order valence-corrected chi connectivity index (χ1v) is 6.88. The molecular formula is C18H23NO. The fourth-order valence-electron chi connectivity index (χ4n) is 2.62. The SMILES string of the molecule is COc1cc(C)c(C(C)(N)c2ccc(C)cc2)cc1C. The number of benzene rings is 2. The highest BCUT2D eigenvalue weighted by molar-refractivity contribution is 5.48. The maximum Gasteiger partial charge on any atom is 0.122 e. The Hall–Kier alpha value is -1.80. The summed E-state index contributed by atoms with van der Waals surface area (Å²) in [5.74, 6) is 0.908. The second kappa shape index (κ2) is 5.29. The molecule has 0 aromatic heterocycles. The van der Waals surface area contributed by atoms with Gasteiger partial charge in [-0.2, -0.15) is 0 Å². The van der Waals surface area contributed by atoms with Crippen molar-refractivity contribution in [2.45, 2.75) is 33.2 Å². The van der Waals surface area contributed by atoms with E-state index < -0.39 is 5.54 Å². The monoisotopic (exact) mass is 269 g/mol. The average Bonchev–Trinajstić information content (AvgIpc) is 2.41. The van der Waals surface area contributed by atoms with Gasteiger partial charge in [-0.1, -0.05) is 29.8 Å². The maximum atomic E-state index is 6.63. The topological polar surface area (TPSA) is 35.2 Å². The summed E-state index contributed by atoms with van der Waals surface area (Å²) in [6.07, 6.45) is 0. The molecule has 2 rings (SSSR count). The van der Waals surface area contributed by atoms with Crippen molar-refractivity contribution in [3.63, 3.8) is 0 Å². The summed E-state index contributed by atoms with van der Waals surface area (Å²) in [4.78, 5) is 0. The standard InChI is InChI=1S/C18H23NO/c1-12-6-8-15(9-7-12)18(4,19)16-10-14(3)17(20-5)11-13(16)2/h6-11H,19H2,1-5H3. The van der Waals surface area contributed by atoms with Crippen LogP contribution in [0.2, 0.25) is 0 Å². The average molecular weight is 269 g/mol. The van der Waals surface area contributed by atoms with Crippen LogP contribution in [0.25, 0.3) is 0 Å². The molecule has 0 aliphatic rings. The molecule has 0 aliphatic heterocycles. The first-order chi connectivity index (χ1) is 9.36. The lowest BCUT2D eigenvalue weighted by molar-refractivity contribution is 0.410. The van der Waals surface area contributed by atoms with Crippen molar-refractivity contribution in [2.24, 2.45) is 5.73 Å². The number of aryl methyl sites for hydroxylation is 3. The number of nitrogens with two attached hydrogens (primary N) is 1. The lowest BCUT2D eigenvalue weighted by Crippen LogP contribution is -2.35. The van der Waals surface area contributed by atoms with E-state index in [0.29, 0.717) is 0 Å². The molecule has 20 heavy (non-hydrogen) atoms. The zero-order valence-corrected chi connectivity index (χ0v) is 12.9. The van der Waals surface area contributed by atoms with Crippen LogP contribution < -0.4 is 10.5 Å². The van der Waals surface area contributed by atoms with Crippen LogP contribution in [0.4, 0.5) is 0 Å². The van der Waals surface area contributed by atoms with Crippen molar-refractivity contribution in [1.29, 1.82) is 0 Å². The van der Waals surface area contributed by atoms with Crippen LogP contribution >= 0.6 is 0 Å². The minimum Gasteiger partial charge on any atom is -0.496 e. The molecule has 2 N–H and O–H groups in total. The Morgan fingerprint density at radius 1 is 0.950 bits per heavy atom. The summed E-state index contributed by atoms with van der Waals surface area (Å²) >= 11 is 0. The van der Waals surface area contributed by atoms with Crippen LogP contribution in [0.5, 0.6) is 5.75 Å². The predicted molar refractivity (Wildman–Crippen MR) is 84.3 cm³/mol. The minimum atomic E-state index is -0.505. The normalized spacial score (nSPS) is 13.9. The third-order valence-corrected chi connectivity index (χ3v) is 3.95. The van der Waals surface area contributed by atoms with Gasteiger partial charge in [0.2, 0.25) is 0 Å². The molecule has 0 saturated carbocycles. The highest BCUT2D eigenvalue weighted by Gasteiger charge is 2.26. The van der Waals surface area contributed by atoms with Gasteiger partial charge >= 0.3 is 0 Å². The van der Waals surface area contributed by atoms with Crippen LogP contribution in [-0.2, 0) is 5.54 Å². The smallest absolute Gasteiger partial charge is 0.122 e. The Kier molecular flexibility index (Phi) is 3.87. The van der Waals surface area contributed by atoms with Crippen LogP contribution in [0.3, 0.4) is 0 Å². The van der Waals surface area contributed by atoms with Gasteiger partial charge < -0.3 is 10.5 Å². The summed E-state index contributed by atoms with van der Waals surface area (Å²) in [5.41, 5.74) is 11.9. The first-order valence-electron chi connectivity index (χ1n) is 6.88. The molecule has 0 spiro atoms. The Balaban J connectivity index is 2.54. The van der Waals surface area contributed by atoms with Gasteiger partial charge in [0.15, 0.2) is 0 Å². The van der Waals surface area contributed by atoms with Crippen molar-refractivity contribution in [3.05, 3.63) is 64.2 Å². The van der Waals surface area contributed by atoms with Gasteiger partial charge in [0, 0.05) is 0 Å². The molecule has 0 bridgehead atoms. The quantitative estimate of drug-likeness (QED) is 0.918. The Morgan fingerprint density at radius 3 is 2.10 bits per heavy atom. The third kappa shape index (κ3) is 2.56. The van der Waals surface area contributed by atoms with Crippen molar-refractivity contribution < 1.29 is 4.74 Å². The van der Waals surface area contributed by atoms with E-state index in [1.54, 1.807) is 7.11 Å². The van der Waals surface area contributed by atoms with Crippen LogP contribution in [0, 0.1) is 20.8 Å². The summed E-state index contributed by atoms with van der Waals surface area (Å²) in [7, 11) is 1.70. The van der Waals surface area contributed by atoms with Crippen LogP contribution in [-0.4, -0.2) is 7.11 Å². The molecule has 2 aromatic carbocycles. The third-order valence-electron chi connectivity index (χ3n) is 3.95. The lowest BCUT2D eigenvalue weighted by Gasteiger charge is -2.29. The largest absolute Gasteiger partial charge is 0.496 e. The molecular weight excluding hydrogens is 246 g/mol. The van der Waals surface area contributed by atoms with Crippen LogP contribution in [0.15, 0.2) is 36.4 Å². The highest BCUT2D eigenvalue weighted by atomic mass is 16.5. The number of hydrogen-bond donors (Lipinski definition) is 1. The van der Waals surface area contributed by atoms with Gasteiger partial charge in [-0.05, 0) is 62.1 Å². The molecule has 0 amide bonds. The van der Waals surface area contributed by atoms with Crippen molar-refractivity contribution in [1.82, 2.24) is 0 Å². The second-order valence-electron chi connectivity index (χ2n) is 5.71. The van der Waals surface area contributed by atoms with E-state index in [2.05, 4.69) is 57.2 Å². The van der Waals surface area contributed by atoms with Crippen LogP contribution in [0.1, 0.15) is 34.7 Å². The van der Waals surface area contributed by atoms with Gasteiger partial charge in [0.25, 0.3) is 0 Å². The van der Waals surface area contributed by atoms with E-state index in [9.17, 15) is 0 Å². The number of rotatable bonds is 3. The molecule has 1 unspecified atom stereocenters. The zero-order valence-electron chi connectivity index (χ0n) is 12.9. The molecule has 106 valence electrons. The molecule has 0 fully saturated rings. The van der Waals surface area contributed by atoms with E-state index in [-0.39, 0.29) is 0 Å². The maximum absolute atomic E-state index is 6.63. The number of ether oxygens (including phenoxy) is 1.